The van der Waals surface area contributed by atoms with Crippen LogP contribution >= 0.6 is 0 Å². The molecular weight excluding hydrogens is 320 g/mol. The summed E-state index contributed by atoms with van der Waals surface area (Å²) >= 11 is 0. The van der Waals surface area contributed by atoms with Crippen LogP contribution in [-0.2, 0) is 19.4 Å². The van der Waals surface area contributed by atoms with Crippen molar-refractivity contribution in [1.29, 1.82) is 0 Å². The summed E-state index contributed by atoms with van der Waals surface area (Å²) in [4.78, 5) is 8.88. The molecule has 4 heteroatoms. The molecule has 1 aliphatic rings. The van der Waals surface area contributed by atoms with E-state index in [9.17, 15) is 0 Å². The molecular formula is C22H20N4. The molecule has 128 valence electrons. The maximum atomic E-state index is 4.96. The number of aromatic nitrogens is 4. The predicted octanol–water partition coefficient (Wildman–Crippen LogP) is 4.42. The van der Waals surface area contributed by atoms with Crippen molar-refractivity contribution in [3.63, 3.8) is 0 Å². The van der Waals surface area contributed by atoms with Crippen molar-refractivity contribution in [1.82, 2.24) is 19.7 Å². The van der Waals surface area contributed by atoms with Crippen LogP contribution in [0.3, 0.4) is 0 Å². The molecule has 0 atom stereocenters. The summed E-state index contributed by atoms with van der Waals surface area (Å²) in [6.45, 7) is 0.788. The zero-order chi connectivity index (χ0) is 17.3. The summed E-state index contributed by atoms with van der Waals surface area (Å²) in [6, 6.07) is 16.9. The third-order valence-electron chi connectivity index (χ3n) is 5.23. The van der Waals surface area contributed by atoms with Crippen LogP contribution in [0.2, 0.25) is 0 Å². The van der Waals surface area contributed by atoms with Gasteiger partial charge in [-0.2, -0.15) is 5.10 Å². The predicted molar refractivity (Wildman–Crippen MR) is 103 cm³/mol. The normalized spacial score (nSPS) is 13.7. The lowest BCUT2D eigenvalue weighted by molar-refractivity contribution is 0.597. The van der Waals surface area contributed by atoms with Gasteiger partial charge in [0.25, 0.3) is 0 Å². The van der Waals surface area contributed by atoms with E-state index in [1.54, 1.807) is 12.4 Å². The highest BCUT2D eigenvalue weighted by Crippen LogP contribution is 2.30. The maximum Gasteiger partial charge on any atom is 0.180 e. The fourth-order valence-electron chi connectivity index (χ4n) is 3.99. The highest BCUT2D eigenvalue weighted by atomic mass is 15.3. The highest BCUT2D eigenvalue weighted by molar-refractivity contribution is 5.85. The van der Waals surface area contributed by atoms with Crippen molar-refractivity contribution < 1.29 is 0 Å². The molecule has 26 heavy (non-hydrogen) atoms. The molecule has 5 rings (SSSR count). The summed E-state index contributed by atoms with van der Waals surface area (Å²) in [6.07, 6.45) is 8.18. The first-order chi connectivity index (χ1) is 12.9. The fraction of sp³-hybridized carbons (Fsp3) is 0.227. The maximum absolute atomic E-state index is 4.96. The van der Waals surface area contributed by atoms with Gasteiger partial charge in [-0.05, 0) is 48.1 Å². The van der Waals surface area contributed by atoms with Gasteiger partial charge in [-0.1, -0.05) is 42.5 Å². The topological polar surface area (TPSA) is 43.6 Å². The summed E-state index contributed by atoms with van der Waals surface area (Å²) in [7, 11) is 0. The van der Waals surface area contributed by atoms with Crippen LogP contribution in [-0.4, -0.2) is 19.7 Å². The molecule has 0 aliphatic heterocycles. The molecule has 0 saturated heterocycles. The first kappa shape index (κ1) is 15.3. The molecule has 2 aromatic heterocycles. The molecule has 4 aromatic rings. The number of rotatable bonds is 3. The van der Waals surface area contributed by atoms with Crippen LogP contribution in [0.15, 0.2) is 60.9 Å². The minimum atomic E-state index is 0.738. The Balaban J connectivity index is 1.62. The molecule has 4 nitrogen and oxygen atoms in total. The van der Waals surface area contributed by atoms with Crippen molar-refractivity contribution in [2.24, 2.45) is 0 Å². The fourth-order valence-corrected chi connectivity index (χ4v) is 3.99. The molecule has 0 spiro atoms. The highest BCUT2D eigenvalue weighted by Gasteiger charge is 2.23. The molecule has 0 unspecified atom stereocenters. The second kappa shape index (κ2) is 6.37. The molecule has 0 saturated carbocycles. The number of nitrogens with zero attached hydrogens (tertiary/aromatic N) is 4. The summed E-state index contributed by atoms with van der Waals surface area (Å²) < 4.78 is 2.18. The van der Waals surface area contributed by atoms with E-state index >= 15 is 0 Å². The van der Waals surface area contributed by atoms with Crippen molar-refractivity contribution in [2.75, 3.05) is 0 Å². The Morgan fingerprint density at radius 1 is 0.846 bits per heavy atom. The van der Waals surface area contributed by atoms with Crippen LogP contribution in [0, 0.1) is 0 Å². The van der Waals surface area contributed by atoms with E-state index in [1.165, 1.54) is 40.4 Å². The van der Waals surface area contributed by atoms with Gasteiger partial charge in [-0.15, -0.1) is 0 Å². The first-order valence-electron chi connectivity index (χ1n) is 9.23. The van der Waals surface area contributed by atoms with Gasteiger partial charge in [0.15, 0.2) is 5.82 Å². The molecule has 2 aromatic carbocycles. The average molecular weight is 340 g/mol. The van der Waals surface area contributed by atoms with Gasteiger partial charge >= 0.3 is 0 Å². The standard InChI is InChI=1S/C22H20N4/c1-2-10-18-16(7-1)8-5-9-17(18)15-26-20-12-4-3-11-19(20)21(25-26)22-23-13-6-14-24-22/h1-2,5-10,13-14H,3-4,11-12,15H2. The van der Waals surface area contributed by atoms with Gasteiger partial charge in [0.2, 0.25) is 0 Å². The molecule has 0 fully saturated rings. The Labute approximate surface area is 152 Å². The third-order valence-corrected chi connectivity index (χ3v) is 5.23. The lowest BCUT2D eigenvalue weighted by Crippen LogP contribution is -2.10. The van der Waals surface area contributed by atoms with E-state index in [4.69, 9.17) is 5.10 Å². The molecule has 1 aliphatic carbocycles. The molecule has 2 heterocycles. The second-order valence-electron chi connectivity index (χ2n) is 6.85. The van der Waals surface area contributed by atoms with Gasteiger partial charge in [0, 0.05) is 23.7 Å². The Bertz CT molecular complexity index is 1060. The summed E-state index contributed by atoms with van der Waals surface area (Å²) in [5.74, 6) is 0.738. The largest absolute Gasteiger partial charge is 0.264 e. The molecule has 0 bridgehead atoms. The SMILES string of the molecule is c1cnc(-c2nn(Cc3cccc4ccccc34)c3c2CCCC3)nc1. The minimum Gasteiger partial charge on any atom is -0.264 e. The third kappa shape index (κ3) is 2.58. The first-order valence-corrected chi connectivity index (χ1v) is 9.23. The van der Waals surface area contributed by atoms with Crippen LogP contribution in [0.4, 0.5) is 0 Å². The Hall–Kier alpha value is -3.01. The number of hydrogen-bond donors (Lipinski definition) is 0. The number of hydrogen-bond acceptors (Lipinski definition) is 3. The Morgan fingerprint density at radius 3 is 2.58 bits per heavy atom. The smallest absolute Gasteiger partial charge is 0.180 e. The van der Waals surface area contributed by atoms with Crippen LogP contribution in [0.5, 0.6) is 0 Å². The van der Waals surface area contributed by atoms with Crippen molar-refractivity contribution >= 4 is 10.8 Å². The Kier molecular flexibility index (Phi) is 3.74. The van der Waals surface area contributed by atoms with Gasteiger partial charge in [-0.3, -0.25) is 4.68 Å². The summed E-state index contributed by atoms with van der Waals surface area (Å²) in [5, 5.41) is 7.53. The van der Waals surface area contributed by atoms with E-state index in [1.807, 2.05) is 6.07 Å². The monoisotopic (exact) mass is 340 g/mol. The second-order valence-corrected chi connectivity index (χ2v) is 6.85. The summed E-state index contributed by atoms with van der Waals surface area (Å²) in [5.41, 5.74) is 4.95. The molecule has 0 amide bonds. The number of benzene rings is 2. The Morgan fingerprint density at radius 2 is 1.65 bits per heavy atom. The van der Waals surface area contributed by atoms with Crippen LogP contribution in [0.1, 0.15) is 29.7 Å². The molecule has 0 N–H and O–H groups in total. The van der Waals surface area contributed by atoms with Gasteiger partial charge in [-0.25, -0.2) is 9.97 Å². The quantitative estimate of drug-likeness (QED) is 0.554. The van der Waals surface area contributed by atoms with Crippen molar-refractivity contribution in [2.45, 2.75) is 32.2 Å². The zero-order valence-corrected chi connectivity index (χ0v) is 14.6. The van der Waals surface area contributed by atoms with Gasteiger partial charge in [0.05, 0.1) is 6.54 Å². The zero-order valence-electron chi connectivity index (χ0n) is 14.6. The van der Waals surface area contributed by atoms with Gasteiger partial charge in [0.1, 0.15) is 5.69 Å². The van der Waals surface area contributed by atoms with E-state index in [0.717, 1.165) is 30.9 Å². The van der Waals surface area contributed by atoms with Crippen molar-refractivity contribution in [3.05, 3.63) is 77.7 Å². The van der Waals surface area contributed by atoms with E-state index in [-0.39, 0.29) is 0 Å². The minimum absolute atomic E-state index is 0.738. The molecule has 0 radical (unpaired) electrons. The lowest BCUT2D eigenvalue weighted by atomic mass is 9.95. The van der Waals surface area contributed by atoms with Gasteiger partial charge < -0.3 is 0 Å². The number of fused-ring (bicyclic) bond motifs is 2. The lowest BCUT2D eigenvalue weighted by Gasteiger charge is -2.15. The van der Waals surface area contributed by atoms with Crippen LogP contribution < -0.4 is 0 Å². The van der Waals surface area contributed by atoms with E-state index < -0.39 is 0 Å². The van der Waals surface area contributed by atoms with E-state index in [0.29, 0.717) is 0 Å². The van der Waals surface area contributed by atoms with Crippen LogP contribution in [0.25, 0.3) is 22.3 Å². The average Bonchev–Trinajstić information content (AvgIpc) is 3.08. The van der Waals surface area contributed by atoms with E-state index in [2.05, 4.69) is 57.1 Å². The van der Waals surface area contributed by atoms with Crippen molar-refractivity contribution in [3.8, 4) is 11.5 Å².